The number of likely N-dealkylation sites (tertiary alicyclic amines) is 1. The Hall–Kier alpha value is -3.68. The first-order valence-electron chi connectivity index (χ1n) is 15.3. The van der Waals surface area contributed by atoms with Crippen LogP contribution in [0.2, 0.25) is 6.32 Å². The smallest absolute Gasteiger partial charge is 0.408 e. The molecule has 1 aromatic carbocycles. The van der Waals surface area contributed by atoms with Crippen LogP contribution in [0.25, 0.3) is 10.8 Å². The zero-order valence-electron chi connectivity index (χ0n) is 26.8. The first-order chi connectivity index (χ1) is 21.4. The van der Waals surface area contributed by atoms with Gasteiger partial charge in [0.1, 0.15) is 29.5 Å². The highest BCUT2D eigenvalue weighted by atomic mass is 32.2. The second-order valence-electron chi connectivity index (χ2n) is 11.8. The number of rotatable bonds is 16. The maximum absolute atomic E-state index is 13.9. The third-order valence-corrected chi connectivity index (χ3v) is 8.23. The van der Waals surface area contributed by atoms with E-state index in [1.165, 1.54) is 16.7 Å². The Morgan fingerprint density at radius 1 is 1.18 bits per heavy atom. The summed E-state index contributed by atoms with van der Waals surface area (Å²) in [6, 6.07) is 5.51. The van der Waals surface area contributed by atoms with Gasteiger partial charge in [0.25, 0.3) is 7.28 Å². The van der Waals surface area contributed by atoms with Gasteiger partial charge in [-0.25, -0.2) is 9.78 Å². The highest BCUT2D eigenvalue weighted by Crippen LogP contribution is 2.30. The van der Waals surface area contributed by atoms with Gasteiger partial charge in [0, 0.05) is 23.8 Å². The SMILES string of the molecule is CCOC(=O)BCCCCCSC[C@H](NC(=O)OC(C)(C)C)C(=O)N1C[C@H](Oc2nccc3cc(OC)ccc23)CC1C(N)=O. The van der Waals surface area contributed by atoms with Crippen LogP contribution >= 0.6 is 11.8 Å². The number of nitrogens with one attached hydrogen (secondary N) is 1. The molecule has 0 aliphatic carbocycles. The van der Waals surface area contributed by atoms with Crippen molar-refractivity contribution in [1.82, 2.24) is 15.2 Å². The van der Waals surface area contributed by atoms with E-state index in [4.69, 9.17) is 24.7 Å². The van der Waals surface area contributed by atoms with Crippen molar-refractivity contribution in [3.63, 3.8) is 0 Å². The minimum absolute atomic E-state index is 0.0955. The van der Waals surface area contributed by atoms with Crippen LogP contribution in [0.4, 0.5) is 9.59 Å². The number of methoxy groups -OCH3 is 1. The van der Waals surface area contributed by atoms with E-state index in [2.05, 4.69) is 10.3 Å². The molecule has 0 bridgehead atoms. The van der Waals surface area contributed by atoms with Crippen molar-refractivity contribution in [2.45, 2.75) is 83.5 Å². The summed E-state index contributed by atoms with van der Waals surface area (Å²) >= 11 is 1.52. The van der Waals surface area contributed by atoms with Crippen LogP contribution in [0, 0.1) is 0 Å². The monoisotopic (exact) mass is 644 g/mol. The van der Waals surface area contributed by atoms with E-state index in [-0.39, 0.29) is 24.6 Å². The number of alkyl carbamates (subject to hydrolysis) is 1. The number of amides is 3. The lowest BCUT2D eigenvalue weighted by Crippen LogP contribution is -2.54. The summed E-state index contributed by atoms with van der Waals surface area (Å²) in [5.41, 5.74) is 4.98. The summed E-state index contributed by atoms with van der Waals surface area (Å²) < 4.78 is 21.9. The first kappa shape index (κ1) is 35.8. The second-order valence-corrected chi connectivity index (χ2v) is 13.0. The lowest BCUT2D eigenvalue weighted by Gasteiger charge is -2.28. The van der Waals surface area contributed by atoms with Crippen LogP contribution < -0.4 is 20.5 Å². The number of hydrogen-bond acceptors (Lipinski definition) is 10. The van der Waals surface area contributed by atoms with Crippen molar-refractivity contribution in [1.29, 1.82) is 0 Å². The third kappa shape index (κ3) is 11.3. The van der Waals surface area contributed by atoms with Crippen LogP contribution in [-0.4, -0.2) is 96.5 Å². The molecular weight excluding hydrogens is 599 g/mol. The van der Waals surface area contributed by atoms with Crippen LogP contribution in [0.3, 0.4) is 0 Å². The highest BCUT2D eigenvalue weighted by molar-refractivity contribution is 7.99. The maximum atomic E-state index is 13.9. The third-order valence-electron chi connectivity index (χ3n) is 7.09. The number of aromatic nitrogens is 1. The number of ether oxygens (including phenoxy) is 4. The maximum Gasteiger partial charge on any atom is 0.408 e. The van der Waals surface area contributed by atoms with Crippen molar-refractivity contribution in [2.75, 3.05) is 31.8 Å². The molecule has 246 valence electrons. The first-order valence-corrected chi connectivity index (χ1v) is 16.5. The molecule has 0 spiro atoms. The normalized spacial score (nSPS) is 17.0. The number of nitrogens with two attached hydrogens (primary N) is 1. The molecule has 1 aliphatic rings. The fourth-order valence-electron chi connectivity index (χ4n) is 4.99. The van der Waals surface area contributed by atoms with Crippen LogP contribution in [0.5, 0.6) is 11.6 Å². The van der Waals surface area contributed by atoms with Gasteiger partial charge < -0.3 is 34.9 Å². The molecule has 3 rings (SSSR count). The fourth-order valence-corrected chi connectivity index (χ4v) is 6.03. The summed E-state index contributed by atoms with van der Waals surface area (Å²) in [5, 5.41) is 4.34. The topological polar surface area (TPSA) is 159 Å². The van der Waals surface area contributed by atoms with E-state index in [0.717, 1.165) is 42.1 Å². The largest absolute Gasteiger partial charge is 0.497 e. The zero-order valence-corrected chi connectivity index (χ0v) is 27.7. The molecular formula is C31H45BN4O8S. The molecule has 2 aromatic rings. The van der Waals surface area contributed by atoms with Crippen molar-refractivity contribution < 1.29 is 38.1 Å². The number of hydrogen-bond donors (Lipinski definition) is 2. The molecule has 2 heterocycles. The Morgan fingerprint density at radius 3 is 2.64 bits per heavy atom. The van der Waals surface area contributed by atoms with Gasteiger partial charge in [-0.3, -0.25) is 14.4 Å². The zero-order chi connectivity index (χ0) is 33.0. The molecule has 12 nitrogen and oxygen atoms in total. The predicted molar refractivity (Wildman–Crippen MR) is 175 cm³/mol. The van der Waals surface area contributed by atoms with Gasteiger partial charge in [0.15, 0.2) is 0 Å². The van der Waals surface area contributed by atoms with Gasteiger partial charge >= 0.3 is 6.09 Å². The Balaban J connectivity index is 1.65. The van der Waals surface area contributed by atoms with Gasteiger partial charge in [-0.05, 0) is 69.5 Å². The molecule has 1 fully saturated rings. The van der Waals surface area contributed by atoms with E-state index < -0.39 is 41.7 Å². The fraction of sp³-hybridized carbons (Fsp3) is 0.581. The quantitative estimate of drug-likeness (QED) is 0.203. The molecule has 1 saturated heterocycles. The molecule has 1 unspecified atom stereocenters. The molecule has 1 aromatic heterocycles. The Morgan fingerprint density at radius 2 is 1.96 bits per heavy atom. The standard InChI is InChI=1S/C31H45BN4O8S/c1-6-42-29(39)32-13-8-7-9-15-45-19-24(35-30(40)44-31(2,3)4)28(38)36-18-22(17-25(36)26(33)37)43-27-23-11-10-21(41-5)16-20(23)12-14-34-27/h10-12,14,16,22,24-25,32H,6-9,13,15,17-19H2,1-5H3,(H2,33,37)(H,35,40)/t22-,24+,25?/m1/s1. The van der Waals surface area contributed by atoms with Gasteiger partial charge in [-0.1, -0.05) is 19.2 Å². The average Bonchev–Trinajstić information content (AvgIpc) is 3.40. The molecule has 1 aliphatic heterocycles. The predicted octanol–water partition coefficient (Wildman–Crippen LogP) is 3.89. The molecule has 3 N–H and O–H groups in total. The molecule has 3 amide bonds. The van der Waals surface area contributed by atoms with Gasteiger partial charge in [0.05, 0.1) is 20.3 Å². The average molecular weight is 645 g/mol. The molecule has 14 heteroatoms. The lowest BCUT2D eigenvalue weighted by molar-refractivity contribution is -0.138. The van der Waals surface area contributed by atoms with E-state index in [1.807, 2.05) is 24.3 Å². The van der Waals surface area contributed by atoms with Crippen molar-refractivity contribution >= 4 is 53.6 Å². The number of benzene rings is 1. The molecule has 0 radical (unpaired) electrons. The number of fused-ring (bicyclic) bond motifs is 1. The van der Waals surface area contributed by atoms with E-state index in [0.29, 0.717) is 25.5 Å². The summed E-state index contributed by atoms with van der Waals surface area (Å²) in [6.45, 7) is 7.49. The van der Waals surface area contributed by atoms with E-state index in [1.54, 1.807) is 41.0 Å². The Kier molecular flexibility index (Phi) is 13.6. The number of carbonyl (C=O) groups excluding carboxylic acids is 4. The number of carbonyl (C=O) groups is 4. The highest BCUT2D eigenvalue weighted by Gasteiger charge is 2.42. The molecule has 0 saturated carbocycles. The van der Waals surface area contributed by atoms with E-state index in [9.17, 15) is 19.2 Å². The summed E-state index contributed by atoms with van der Waals surface area (Å²) in [5.74, 6) is 0.826. The van der Waals surface area contributed by atoms with Gasteiger partial charge in [-0.2, -0.15) is 11.8 Å². The van der Waals surface area contributed by atoms with Gasteiger partial charge in [0.2, 0.25) is 23.6 Å². The second kappa shape index (κ2) is 17.1. The van der Waals surface area contributed by atoms with Gasteiger partial charge in [-0.15, -0.1) is 0 Å². The molecule has 45 heavy (non-hydrogen) atoms. The minimum atomic E-state index is -0.947. The summed E-state index contributed by atoms with van der Waals surface area (Å²) in [6.07, 6.45) is 4.01. The van der Waals surface area contributed by atoms with Crippen LogP contribution in [-0.2, 0) is 19.1 Å². The van der Waals surface area contributed by atoms with Crippen molar-refractivity contribution in [2.24, 2.45) is 5.73 Å². The number of primary amides is 1. The number of thioether (sulfide) groups is 1. The summed E-state index contributed by atoms with van der Waals surface area (Å²) in [4.78, 5) is 56.3. The van der Waals surface area contributed by atoms with E-state index >= 15 is 0 Å². The number of nitrogens with zero attached hydrogens (tertiary/aromatic N) is 2. The van der Waals surface area contributed by atoms with Crippen molar-refractivity contribution in [3.05, 3.63) is 30.5 Å². The van der Waals surface area contributed by atoms with Crippen LogP contribution in [0.15, 0.2) is 30.5 Å². The number of unbranched alkanes of at least 4 members (excludes halogenated alkanes) is 2. The van der Waals surface area contributed by atoms with Crippen LogP contribution in [0.1, 0.15) is 53.4 Å². The number of pyridine rings is 1. The Bertz CT molecular complexity index is 1320. The minimum Gasteiger partial charge on any atom is -0.497 e. The van der Waals surface area contributed by atoms with Crippen molar-refractivity contribution in [3.8, 4) is 11.6 Å². The molecule has 3 atom stereocenters. The summed E-state index contributed by atoms with van der Waals surface area (Å²) in [7, 11) is 2.00. The Labute approximate surface area is 269 Å². The lowest BCUT2D eigenvalue weighted by atomic mass is 9.73.